The molecular formula is C11H19NO. The molecule has 0 saturated carbocycles. The van der Waals surface area contributed by atoms with E-state index in [1.54, 1.807) is 0 Å². The van der Waals surface area contributed by atoms with Crippen molar-refractivity contribution in [1.29, 1.82) is 5.26 Å². The van der Waals surface area contributed by atoms with Crippen LogP contribution >= 0.6 is 0 Å². The summed E-state index contributed by atoms with van der Waals surface area (Å²) < 4.78 is 0. The van der Waals surface area contributed by atoms with E-state index in [1.807, 2.05) is 6.92 Å². The highest BCUT2D eigenvalue weighted by molar-refractivity contribution is 5.78. The number of Topliss-reactive ketones (excluding diaryl/α,β-unsaturated/α-hetero) is 1. The fraction of sp³-hybridized carbons (Fsp3) is 0.818. The Labute approximate surface area is 80.9 Å². The van der Waals surface area contributed by atoms with E-state index in [-0.39, 0.29) is 0 Å². The van der Waals surface area contributed by atoms with Crippen LogP contribution < -0.4 is 0 Å². The molecule has 0 saturated heterocycles. The van der Waals surface area contributed by atoms with E-state index in [1.165, 1.54) is 0 Å². The summed E-state index contributed by atoms with van der Waals surface area (Å²) in [6, 6.07) is 2.13. The zero-order chi connectivity index (χ0) is 10.1. The third-order valence-electron chi connectivity index (χ3n) is 2.21. The predicted molar refractivity (Wildman–Crippen MR) is 53.2 cm³/mol. The van der Waals surface area contributed by atoms with Gasteiger partial charge in [0.25, 0.3) is 0 Å². The summed E-state index contributed by atoms with van der Waals surface area (Å²) in [6.07, 6.45) is 5.14. The molecule has 74 valence electrons. The van der Waals surface area contributed by atoms with Crippen LogP contribution in [0.1, 0.15) is 52.4 Å². The molecule has 0 aromatic carbocycles. The molecule has 0 aliphatic heterocycles. The molecule has 0 aliphatic rings. The predicted octanol–water partition coefficient (Wildman–Crippen LogP) is 3.08. The molecule has 0 aliphatic carbocycles. The minimum atomic E-state index is 0.354. The van der Waals surface area contributed by atoms with Crippen LogP contribution in [0.2, 0.25) is 0 Å². The van der Waals surface area contributed by atoms with Crippen molar-refractivity contribution in [3.63, 3.8) is 0 Å². The lowest BCUT2D eigenvalue weighted by Crippen LogP contribution is -2.03. The lowest BCUT2D eigenvalue weighted by Gasteiger charge is -2.08. The van der Waals surface area contributed by atoms with Gasteiger partial charge in [-0.15, -0.1) is 0 Å². The van der Waals surface area contributed by atoms with Crippen molar-refractivity contribution in [2.75, 3.05) is 0 Å². The largest absolute Gasteiger partial charge is 0.300 e. The van der Waals surface area contributed by atoms with Gasteiger partial charge in [-0.2, -0.15) is 5.26 Å². The Kier molecular flexibility index (Phi) is 7.29. The second-order valence-electron chi connectivity index (χ2n) is 3.61. The van der Waals surface area contributed by atoms with Gasteiger partial charge < -0.3 is 0 Å². The van der Waals surface area contributed by atoms with E-state index in [0.717, 1.165) is 19.3 Å². The van der Waals surface area contributed by atoms with E-state index in [2.05, 4.69) is 13.0 Å². The van der Waals surface area contributed by atoms with Gasteiger partial charge >= 0.3 is 0 Å². The van der Waals surface area contributed by atoms with E-state index >= 15 is 0 Å². The van der Waals surface area contributed by atoms with Crippen molar-refractivity contribution in [2.24, 2.45) is 5.92 Å². The van der Waals surface area contributed by atoms with Crippen molar-refractivity contribution >= 4 is 5.78 Å². The second kappa shape index (κ2) is 7.79. The number of carbonyl (C=O) groups is 1. The number of ketones is 1. The first-order chi connectivity index (χ1) is 6.20. The van der Waals surface area contributed by atoms with Gasteiger partial charge in [-0.3, -0.25) is 4.79 Å². The molecule has 1 atom stereocenters. The molecule has 0 fully saturated rings. The van der Waals surface area contributed by atoms with E-state index in [0.29, 0.717) is 31.0 Å². The number of hydrogen-bond acceptors (Lipinski definition) is 2. The maximum absolute atomic E-state index is 11.1. The Morgan fingerprint density at radius 3 is 2.69 bits per heavy atom. The number of carbonyl (C=O) groups excluding carboxylic acids is 1. The molecule has 0 aromatic rings. The van der Waals surface area contributed by atoms with Crippen molar-refractivity contribution in [3.8, 4) is 6.07 Å². The van der Waals surface area contributed by atoms with Gasteiger partial charge in [0.1, 0.15) is 5.78 Å². The Bertz CT molecular complexity index is 181. The molecule has 2 nitrogen and oxygen atoms in total. The van der Waals surface area contributed by atoms with Crippen molar-refractivity contribution < 1.29 is 4.79 Å². The first-order valence-corrected chi connectivity index (χ1v) is 5.09. The Hall–Kier alpha value is -0.840. The number of unbranched alkanes of at least 4 members (excludes halogenated alkanes) is 2. The van der Waals surface area contributed by atoms with E-state index < -0.39 is 0 Å². The van der Waals surface area contributed by atoms with Crippen molar-refractivity contribution in [2.45, 2.75) is 52.4 Å². The monoisotopic (exact) mass is 181 g/mol. The Morgan fingerprint density at radius 2 is 2.15 bits per heavy atom. The van der Waals surface area contributed by atoms with Crippen LogP contribution in [0, 0.1) is 17.2 Å². The lowest BCUT2D eigenvalue weighted by molar-refractivity contribution is -0.119. The van der Waals surface area contributed by atoms with Crippen LogP contribution in [0.3, 0.4) is 0 Å². The minimum Gasteiger partial charge on any atom is -0.300 e. The number of nitriles is 1. The van der Waals surface area contributed by atoms with Crippen LogP contribution in [0.5, 0.6) is 0 Å². The molecule has 0 aromatic heterocycles. The van der Waals surface area contributed by atoms with Gasteiger partial charge in [0.15, 0.2) is 0 Å². The normalized spacial score (nSPS) is 12.1. The SMILES string of the molecule is CCC(=O)CC(C)CCCCC#N. The summed E-state index contributed by atoms with van der Waals surface area (Å²) in [5.74, 6) is 0.846. The number of nitrogens with zero attached hydrogens (tertiary/aromatic N) is 1. The zero-order valence-corrected chi connectivity index (χ0v) is 8.68. The molecule has 1 unspecified atom stereocenters. The molecule has 13 heavy (non-hydrogen) atoms. The van der Waals surface area contributed by atoms with Crippen LogP contribution in [0.4, 0.5) is 0 Å². The fourth-order valence-corrected chi connectivity index (χ4v) is 1.33. The van der Waals surface area contributed by atoms with Gasteiger partial charge in [-0.05, 0) is 12.3 Å². The third-order valence-corrected chi connectivity index (χ3v) is 2.21. The topological polar surface area (TPSA) is 40.9 Å². The average molecular weight is 181 g/mol. The summed E-state index contributed by atoms with van der Waals surface area (Å²) >= 11 is 0. The molecular weight excluding hydrogens is 162 g/mol. The zero-order valence-electron chi connectivity index (χ0n) is 8.68. The summed E-state index contributed by atoms with van der Waals surface area (Å²) in [7, 11) is 0. The first-order valence-electron chi connectivity index (χ1n) is 5.09. The molecule has 0 bridgehead atoms. The van der Waals surface area contributed by atoms with Crippen LogP contribution in [-0.2, 0) is 4.79 Å². The van der Waals surface area contributed by atoms with Gasteiger partial charge in [0.2, 0.25) is 0 Å². The quantitative estimate of drug-likeness (QED) is 0.566. The maximum atomic E-state index is 11.1. The van der Waals surface area contributed by atoms with Gasteiger partial charge in [0.05, 0.1) is 6.07 Å². The molecule has 0 rings (SSSR count). The summed E-state index contributed by atoms with van der Waals surface area (Å²) in [5, 5.41) is 8.31. The van der Waals surface area contributed by atoms with Crippen molar-refractivity contribution in [3.05, 3.63) is 0 Å². The number of hydrogen-bond donors (Lipinski definition) is 0. The Balaban J connectivity index is 3.36. The van der Waals surface area contributed by atoms with Crippen LogP contribution in [0.25, 0.3) is 0 Å². The number of rotatable bonds is 7. The van der Waals surface area contributed by atoms with Crippen LogP contribution in [-0.4, -0.2) is 5.78 Å². The molecule has 2 heteroatoms. The van der Waals surface area contributed by atoms with Gasteiger partial charge in [0, 0.05) is 19.3 Å². The standard InChI is InChI=1S/C11H19NO/c1-3-11(13)9-10(2)7-5-4-6-8-12/h10H,3-7,9H2,1-2H3. The summed E-state index contributed by atoms with van der Waals surface area (Å²) in [4.78, 5) is 11.1. The highest BCUT2D eigenvalue weighted by atomic mass is 16.1. The van der Waals surface area contributed by atoms with Crippen molar-refractivity contribution in [1.82, 2.24) is 0 Å². The molecule has 0 radical (unpaired) electrons. The fourth-order valence-electron chi connectivity index (χ4n) is 1.33. The highest BCUT2D eigenvalue weighted by Crippen LogP contribution is 2.13. The first kappa shape index (κ1) is 12.2. The minimum absolute atomic E-state index is 0.354. The van der Waals surface area contributed by atoms with Crippen LogP contribution in [0.15, 0.2) is 0 Å². The van der Waals surface area contributed by atoms with Gasteiger partial charge in [-0.25, -0.2) is 0 Å². The van der Waals surface area contributed by atoms with E-state index in [9.17, 15) is 4.79 Å². The highest BCUT2D eigenvalue weighted by Gasteiger charge is 2.06. The molecule has 0 spiro atoms. The third kappa shape index (κ3) is 7.52. The molecule has 0 N–H and O–H groups in total. The summed E-state index contributed by atoms with van der Waals surface area (Å²) in [6.45, 7) is 4.02. The maximum Gasteiger partial charge on any atom is 0.132 e. The molecule has 0 heterocycles. The van der Waals surface area contributed by atoms with E-state index in [4.69, 9.17) is 5.26 Å². The summed E-state index contributed by atoms with van der Waals surface area (Å²) in [5.41, 5.74) is 0. The smallest absolute Gasteiger partial charge is 0.132 e. The van der Waals surface area contributed by atoms with Gasteiger partial charge in [-0.1, -0.05) is 26.7 Å². The molecule has 0 amide bonds. The Morgan fingerprint density at radius 1 is 1.46 bits per heavy atom. The lowest BCUT2D eigenvalue weighted by atomic mass is 9.97. The average Bonchev–Trinajstić information content (AvgIpc) is 2.12. The second-order valence-corrected chi connectivity index (χ2v) is 3.61.